The van der Waals surface area contributed by atoms with E-state index in [0.29, 0.717) is 5.76 Å². The van der Waals surface area contributed by atoms with Crippen LogP contribution in [0, 0.1) is 5.41 Å². The second-order valence-corrected chi connectivity index (χ2v) is 5.09. The molecule has 2 nitrogen and oxygen atoms in total. The Hall–Kier alpha value is -1.09. The Morgan fingerprint density at radius 3 is 2.44 bits per heavy atom. The summed E-state index contributed by atoms with van der Waals surface area (Å²) >= 11 is 3.37. The lowest BCUT2D eigenvalue weighted by Crippen LogP contribution is -2.20. The predicted octanol–water partition coefficient (Wildman–Crippen LogP) is 3.76. The Balaban J connectivity index is 2.34. The molecule has 0 aromatic heterocycles. The molecule has 0 saturated carbocycles. The first-order valence-electron chi connectivity index (χ1n) is 5.26. The fraction of sp³-hybridized carbons (Fsp3) is 0.308. The molecule has 0 spiro atoms. The third-order valence-electron chi connectivity index (χ3n) is 2.98. The van der Waals surface area contributed by atoms with Crippen molar-refractivity contribution in [3.63, 3.8) is 0 Å². The topological polar surface area (TPSA) is 26.3 Å². The number of esters is 1. The number of ether oxygens (including phenoxy) is 1. The van der Waals surface area contributed by atoms with Crippen LogP contribution < -0.4 is 0 Å². The summed E-state index contributed by atoms with van der Waals surface area (Å²) < 4.78 is 6.31. The minimum atomic E-state index is -0.470. The zero-order valence-corrected chi connectivity index (χ0v) is 10.9. The molecular weight excluding hydrogens is 268 g/mol. The molecule has 1 heterocycles. The number of benzene rings is 1. The summed E-state index contributed by atoms with van der Waals surface area (Å²) in [7, 11) is 0. The van der Waals surface area contributed by atoms with E-state index in [-0.39, 0.29) is 5.97 Å². The molecule has 0 radical (unpaired) electrons. The van der Waals surface area contributed by atoms with E-state index in [9.17, 15) is 4.79 Å². The Kier molecular flexibility index (Phi) is 2.89. The zero-order valence-electron chi connectivity index (χ0n) is 9.29. The standard InChI is InChI=1S/C13H13BrO2/c1-3-13(2)8-11(16-12(13)15)9-4-6-10(14)7-5-9/h4-8H,3H2,1-2H3. The average molecular weight is 281 g/mol. The van der Waals surface area contributed by atoms with Crippen LogP contribution in [0.4, 0.5) is 0 Å². The van der Waals surface area contributed by atoms with Crippen molar-refractivity contribution in [2.45, 2.75) is 20.3 Å². The molecule has 0 fully saturated rings. The molecule has 16 heavy (non-hydrogen) atoms. The lowest BCUT2D eigenvalue weighted by atomic mass is 9.88. The van der Waals surface area contributed by atoms with E-state index >= 15 is 0 Å². The molecule has 2 rings (SSSR count). The van der Waals surface area contributed by atoms with Crippen LogP contribution in [0.2, 0.25) is 0 Å². The van der Waals surface area contributed by atoms with Gasteiger partial charge < -0.3 is 4.74 Å². The molecule has 1 aromatic carbocycles. The summed E-state index contributed by atoms with van der Waals surface area (Å²) in [5, 5.41) is 0. The lowest BCUT2D eigenvalue weighted by Gasteiger charge is -2.12. The zero-order chi connectivity index (χ0) is 11.8. The van der Waals surface area contributed by atoms with Crippen LogP contribution in [0.5, 0.6) is 0 Å². The minimum Gasteiger partial charge on any atom is -0.426 e. The van der Waals surface area contributed by atoms with Gasteiger partial charge in [-0.25, -0.2) is 0 Å². The van der Waals surface area contributed by atoms with Crippen molar-refractivity contribution >= 4 is 27.7 Å². The molecule has 1 aliphatic rings. The fourth-order valence-electron chi connectivity index (χ4n) is 1.60. The first kappa shape index (κ1) is 11.4. The van der Waals surface area contributed by atoms with E-state index in [0.717, 1.165) is 16.5 Å². The highest BCUT2D eigenvalue weighted by Gasteiger charge is 2.38. The third kappa shape index (κ3) is 1.92. The molecule has 1 unspecified atom stereocenters. The Labute approximate surface area is 103 Å². The molecule has 0 bridgehead atoms. The second kappa shape index (κ2) is 4.06. The highest BCUT2D eigenvalue weighted by molar-refractivity contribution is 9.10. The van der Waals surface area contributed by atoms with E-state index < -0.39 is 5.41 Å². The minimum absolute atomic E-state index is 0.159. The number of carbonyl (C=O) groups is 1. The molecular formula is C13H13BrO2. The smallest absolute Gasteiger partial charge is 0.321 e. The van der Waals surface area contributed by atoms with Gasteiger partial charge in [0.05, 0.1) is 5.41 Å². The molecule has 1 aliphatic heterocycles. The van der Waals surface area contributed by atoms with E-state index in [1.54, 1.807) is 0 Å². The Bertz CT molecular complexity index is 448. The normalized spacial score (nSPS) is 24.2. The van der Waals surface area contributed by atoms with Crippen LogP contribution in [0.3, 0.4) is 0 Å². The number of halogens is 1. The summed E-state index contributed by atoms with van der Waals surface area (Å²) in [6.45, 7) is 3.89. The largest absolute Gasteiger partial charge is 0.426 e. The van der Waals surface area contributed by atoms with E-state index in [1.807, 2.05) is 44.2 Å². The number of hydrogen-bond acceptors (Lipinski definition) is 2. The summed E-state index contributed by atoms with van der Waals surface area (Å²) in [5.74, 6) is 0.509. The maximum atomic E-state index is 11.7. The van der Waals surface area contributed by atoms with Crippen LogP contribution in [0.1, 0.15) is 25.8 Å². The SMILES string of the molecule is CCC1(C)C=C(c2ccc(Br)cc2)OC1=O. The number of rotatable bonds is 2. The van der Waals surface area contributed by atoms with Gasteiger partial charge in [-0.05, 0) is 31.6 Å². The van der Waals surface area contributed by atoms with Crippen molar-refractivity contribution in [3.8, 4) is 0 Å². The first-order chi connectivity index (χ1) is 7.55. The monoisotopic (exact) mass is 280 g/mol. The van der Waals surface area contributed by atoms with E-state index in [1.165, 1.54) is 0 Å². The highest BCUT2D eigenvalue weighted by Crippen LogP contribution is 2.37. The van der Waals surface area contributed by atoms with Crippen LogP contribution in [-0.2, 0) is 9.53 Å². The summed E-state index contributed by atoms with van der Waals surface area (Å²) in [4.78, 5) is 11.7. The van der Waals surface area contributed by atoms with E-state index in [2.05, 4.69) is 15.9 Å². The summed E-state index contributed by atoms with van der Waals surface area (Å²) in [6, 6.07) is 7.74. The van der Waals surface area contributed by atoms with Crippen molar-refractivity contribution < 1.29 is 9.53 Å². The van der Waals surface area contributed by atoms with Gasteiger partial charge in [0.25, 0.3) is 0 Å². The van der Waals surface area contributed by atoms with Crippen LogP contribution in [-0.4, -0.2) is 5.97 Å². The van der Waals surface area contributed by atoms with Gasteiger partial charge in [0.2, 0.25) is 0 Å². The molecule has 0 saturated heterocycles. The number of carbonyl (C=O) groups excluding carboxylic acids is 1. The van der Waals surface area contributed by atoms with Gasteiger partial charge in [0.1, 0.15) is 5.76 Å². The third-order valence-corrected chi connectivity index (χ3v) is 3.51. The first-order valence-corrected chi connectivity index (χ1v) is 6.05. The molecule has 84 valence electrons. The van der Waals surface area contributed by atoms with Crippen molar-refractivity contribution in [1.29, 1.82) is 0 Å². The predicted molar refractivity (Wildman–Crippen MR) is 66.6 cm³/mol. The number of hydrogen-bond donors (Lipinski definition) is 0. The fourth-order valence-corrected chi connectivity index (χ4v) is 1.86. The molecule has 0 amide bonds. The van der Waals surface area contributed by atoms with Crippen LogP contribution >= 0.6 is 15.9 Å². The van der Waals surface area contributed by atoms with Gasteiger partial charge in [0.15, 0.2) is 0 Å². The molecule has 3 heteroatoms. The quantitative estimate of drug-likeness (QED) is 0.771. The molecule has 1 aromatic rings. The number of cyclic esters (lactones) is 1. The van der Waals surface area contributed by atoms with Gasteiger partial charge >= 0.3 is 5.97 Å². The molecule has 1 atom stereocenters. The van der Waals surface area contributed by atoms with E-state index in [4.69, 9.17) is 4.74 Å². The van der Waals surface area contributed by atoms with Gasteiger partial charge in [-0.1, -0.05) is 35.0 Å². The molecule has 0 N–H and O–H groups in total. The second-order valence-electron chi connectivity index (χ2n) is 4.18. The van der Waals surface area contributed by atoms with Gasteiger partial charge in [-0.2, -0.15) is 0 Å². The van der Waals surface area contributed by atoms with Crippen molar-refractivity contribution in [2.75, 3.05) is 0 Å². The van der Waals surface area contributed by atoms with Gasteiger partial charge in [-0.3, -0.25) is 4.79 Å². The summed E-state index contributed by atoms with van der Waals surface area (Å²) in [6.07, 6.45) is 2.67. The maximum absolute atomic E-state index is 11.7. The van der Waals surface area contributed by atoms with Crippen LogP contribution in [0.25, 0.3) is 5.76 Å². The Morgan fingerprint density at radius 2 is 1.94 bits per heavy atom. The van der Waals surface area contributed by atoms with Crippen molar-refractivity contribution in [2.24, 2.45) is 5.41 Å². The van der Waals surface area contributed by atoms with Crippen molar-refractivity contribution in [1.82, 2.24) is 0 Å². The lowest BCUT2D eigenvalue weighted by molar-refractivity contribution is -0.142. The van der Waals surface area contributed by atoms with Gasteiger partial charge in [0, 0.05) is 10.0 Å². The van der Waals surface area contributed by atoms with Crippen molar-refractivity contribution in [3.05, 3.63) is 40.4 Å². The van der Waals surface area contributed by atoms with Gasteiger partial charge in [-0.15, -0.1) is 0 Å². The maximum Gasteiger partial charge on any atom is 0.321 e. The molecule has 0 aliphatic carbocycles. The summed E-state index contributed by atoms with van der Waals surface area (Å²) in [5.41, 5.74) is 0.469. The average Bonchev–Trinajstić information content (AvgIpc) is 2.57. The Morgan fingerprint density at radius 1 is 1.31 bits per heavy atom. The highest BCUT2D eigenvalue weighted by atomic mass is 79.9. The van der Waals surface area contributed by atoms with Crippen LogP contribution in [0.15, 0.2) is 34.8 Å².